The first kappa shape index (κ1) is 6.50. The van der Waals surface area contributed by atoms with E-state index in [1.54, 1.807) is 0 Å². The van der Waals surface area contributed by atoms with Crippen molar-refractivity contribution in [2.24, 2.45) is 5.89 Å². The van der Waals surface area contributed by atoms with Gasteiger partial charge in [-0.3, -0.25) is 0 Å². The Labute approximate surface area is 148 Å². The van der Waals surface area contributed by atoms with Crippen LogP contribution in [0.1, 0.15) is 63.7 Å². The standard InChI is InChI=1S/C15H25BN2O2S/c1-11-6-8-18(9-7-11)13-17-10-12(21-13)16-19-14(2,3)15(4,5)20-16/h10-11H,6-9H2,1-5H3/i1D3,6D2,7D2,8D2,9D2,11D. The number of rotatable bonds is 2. The average molecular weight is 320 g/mol. The highest BCUT2D eigenvalue weighted by Crippen LogP contribution is 2.37. The molecule has 21 heavy (non-hydrogen) atoms. The average Bonchev–Trinajstić information content (AvgIpc) is 3.13. The van der Waals surface area contributed by atoms with Crippen LogP contribution < -0.4 is 9.68 Å². The van der Waals surface area contributed by atoms with E-state index in [4.69, 9.17) is 25.8 Å². The lowest BCUT2D eigenvalue weighted by molar-refractivity contribution is 0.00578. The Morgan fingerprint density at radius 3 is 2.57 bits per heavy atom. The molecule has 0 spiro atoms. The number of aromatic nitrogens is 1. The number of thiazole rings is 1. The second-order valence-electron chi connectivity index (χ2n) is 5.82. The Hall–Kier alpha value is -0.585. The van der Waals surface area contributed by atoms with E-state index in [1.807, 2.05) is 27.7 Å². The third-order valence-corrected chi connectivity index (χ3v) is 4.78. The lowest BCUT2D eigenvalue weighted by atomic mass is 9.89. The maximum absolute atomic E-state index is 8.38. The molecule has 0 unspecified atom stereocenters. The summed E-state index contributed by atoms with van der Waals surface area (Å²) in [6, 6.07) is 0. The highest BCUT2D eigenvalue weighted by Gasteiger charge is 2.52. The molecule has 0 aromatic carbocycles. The molecule has 2 aliphatic rings. The molecule has 3 heterocycles. The van der Waals surface area contributed by atoms with Crippen molar-refractivity contribution in [3.05, 3.63) is 6.20 Å². The van der Waals surface area contributed by atoms with Crippen molar-refractivity contribution in [3.63, 3.8) is 0 Å². The van der Waals surface area contributed by atoms with Crippen LogP contribution in [0.4, 0.5) is 5.13 Å². The molecule has 0 amide bonds. The minimum Gasteiger partial charge on any atom is -0.399 e. The second kappa shape index (κ2) is 5.25. The van der Waals surface area contributed by atoms with Gasteiger partial charge in [-0.25, -0.2) is 4.98 Å². The van der Waals surface area contributed by atoms with Crippen LogP contribution in [0.2, 0.25) is 0 Å². The first-order valence-corrected chi connectivity index (χ1v) is 7.33. The normalized spacial score (nSPS) is 45.7. The number of hydrogen-bond donors (Lipinski definition) is 0. The first-order chi connectivity index (χ1) is 14.4. The second-order valence-corrected chi connectivity index (χ2v) is 6.86. The van der Waals surface area contributed by atoms with Crippen LogP contribution in [0.25, 0.3) is 0 Å². The summed E-state index contributed by atoms with van der Waals surface area (Å²) in [6.45, 7) is -3.40. The molecule has 3 rings (SSSR count). The van der Waals surface area contributed by atoms with Crippen LogP contribution in [0.5, 0.6) is 0 Å². The van der Waals surface area contributed by atoms with Crippen LogP contribution in [0.15, 0.2) is 6.20 Å². The van der Waals surface area contributed by atoms with Gasteiger partial charge in [0, 0.05) is 35.6 Å². The topological polar surface area (TPSA) is 34.6 Å². The van der Waals surface area contributed by atoms with Gasteiger partial charge in [-0.1, -0.05) is 6.85 Å². The Bertz CT molecular complexity index is 904. The molecule has 2 aliphatic heterocycles. The number of hydrogen-bond acceptors (Lipinski definition) is 5. The monoisotopic (exact) mass is 320 g/mol. The molecule has 0 atom stereocenters. The number of nitrogens with zero attached hydrogens (tertiary/aromatic N) is 2. The third-order valence-electron chi connectivity index (χ3n) is 3.77. The quantitative estimate of drug-likeness (QED) is 0.785. The van der Waals surface area contributed by atoms with Crippen molar-refractivity contribution in [1.29, 1.82) is 0 Å². The summed E-state index contributed by atoms with van der Waals surface area (Å²) in [5.74, 6) is -3.78. The van der Waals surface area contributed by atoms with Crippen molar-refractivity contribution in [2.45, 2.75) is 58.5 Å². The molecule has 6 heteroatoms. The number of piperidine rings is 1. The lowest BCUT2D eigenvalue weighted by Gasteiger charge is -2.32. The summed E-state index contributed by atoms with van der Waals surface area (Å²) >= 11 is 0.701. The van der Waals surface area contributed by atoms with E-state index in [0.29, 0.717) is 16.1 Å². The fraction of sp³-hybridized carbons (Fsp3) is 0.800. The molecule has 0 N–H and O–H groups in total. The van der Waals surface area contributed by atoms with E-state index in [0.717, 1.165) is 0 Å². The van der Waals surface area contributed by atoms with Gasteiger partial charge in [0.1, 0.15) is 0 Å². The Morgan fingerprint density at radius 2 is 2.00 bits per heavy atom. The third kappa shape index (κ3) is 2.85. The van der Waals surface area contributed by atoms with E-state index in [-0.39, 0.29) is 4.90 Å². The van der Waals surface area contributed by atoms with Gasteiger partial charge in [-0.2, -0.15) is 0 Å². The van der Waals surface area contributed by atoms with Gasteiger partial charge in [0.2, 0.25) is 0 Å². The van der Waals surface area contributed by atoms with Gasteiger partial charge in [-0.15, -0.1) is 11.3 Å². The smallest absolute Gasteiger partial charge is 0.399 e. The lowest BCUT2D eigenvalue weighted by Crippen LogP contribution is -2.41. The summed E-state index contributed by atoms with van der Waals surface area (Å²) in [6.07, 6.45) is -6.14. The Morgan fingerprint density at radius 1 is 1.38 bits per heavy atom. The molecule has 4 nitrogen and oxygen atoms in total. The molecule has 1 aromatic heterocycles. The van der Waals surface area contributed by atoms with Gasteiger partial charge in [-0.05, 0) is 46.3 Å². The summed E-state index contributed by atoms with van der Waals surface area (Å²) in [5.41, 5.74) is -1.43. The maximum Gasteiger partial charge on any atom is 0.507 e. The first-order valence-electron chi connectivity index (χ1n) is 12.5. The summed E-state index contributed by atoms with van der Waals surface area (Å²) in [7, 11) is -0.936. The van der Waals surface area contributed by atoms with E-state index >= 15 is 0 Å². The minimum absolute atomic E-state index is 0.151. The molecular weight excluding hydrogens is 283 g/mol. The zero-order valence-electron chi connectivity index (χ0n) is 24.3. The molecule has 0 aliphatic carbocycles. The van der Waals surface area contributed by atoms with Crippen molar-refractivity contribution in [2.75, 3.05) is 17.9 Å². The van der Waals surface area contributed by atoms with Crippen molar-refractivity contribution in [1.82, 2.24) is 4.98 Å². The zero-order chi connectivity index (χ0) is 25.8. The Kier molecular flexibility index (Phi) is 1.62. The predicted molar refractivity (Wildman–Crippen MR) is 88.4 cm³/mol. The predicted octanol–water partition coefficient (Wildman–Crippen LogP) is 2.68. The molecule has 116 valence electrons. The molecular formula is C15H25BN2O2S. The fourth-order valence-corrected chi connectivity index (χ4v) is 2.62. The van der Waals surface area contributed by atoms with Crippen molar-refractivity contribution >= 4 is 28.4 Å². The van der Waals surface area contributed by atoms with Gasteiger partial charge >= 0.3 is 7.12 Å². The van der Waals surface area contributed by atoms with Gasteiger partial charge in [0.15, 0.2) is 5.13 Å². The summed E-state index contributed by atoms with van der Waals surface area (Å²) in [4.78, 5) is 4.13. The molecule has 2 saturated heterocycles. The highest BCUT2D eigenvalue weighted by molar-refractivity contribution is 7.25. The van der Waals surface area contributed by atoms with Crippen LogP contribution >= 0.6 is 11.3 Å². The zero-order valence-corrected chi connectivity index (χ0v) is 13.1. The molecule has 0 bridgehead atoms. The number of anilines is 1. The molecule has 1 aromatic rings. The van der Waals surface area contributed by atoms with Gasteiger partial charge in [0.25, 0.3) is 0 Å². The molecule has 2 fully saturated rings. The van der Waals surface area contributed by atoms with Crippen LogP contribution in [0, 0.1) is 5.89 Å². The van der Waals surface area contributed by atoms with Gasteiger partial charge in [0.05, 0.1) is 16.0 Å². The highest BCUT2D eigenvalue weighted by atomic mass is 32.1. The Balaban J connectivity index is 2.14. The fourth-order valence-electron chi connectivity index (χ4n) is 1.83. The SMILES string of the molecule is [2H]C([2H])([2H])C1([2H])C([2H])([2H])C([2H])([2H])N(c2ncc(B3OC(C)(C)C(C)(C)O3)s2)C([2H])([2H])C1([2H])[2H]. The van der Waals surface area contributed by atoms with E-state index in [2.05, 4.69) is 4.98 Å². The largest absolute Gasteiger partial charge is 0.507 e. The van der Waals surface area contributed by atoms with Gasteiger partial charge < -0.3 is 14.2 Å². The van der Waals surface area contributed by atoms with Crippen LogP contribution in [-0.4, -0.2) is 36.3 Å². The van der Waals surface area contributed by atoms with Crippen LogP contribution in [0.3, 0.4) is 0 Å². The van der Waals surface area contributed by atoms with Crippen molar-refractivity contribution < 1.29 is 25.8 Å². The summed E-state index contributed by atoms with van der Waals surface area (Å²) in [5, 5.41) is -0.449. The molecule has 0 radical (unpaired) electrons. The minimum atomic E-state index is -3.78. The van der Waals surface area contributed by atoms with E-state index in [1.165, 1.54) is 6.20 Å². The molecule has 0 saturated carbocycles. The van der Waals surface area contributed by atoms with E-state index in [9.17, 15) is 0 Å². The van der Waals surface area contributed by atoms with Crippen LogP contribution in [-0.2, 0) is 9.31 Å². The van der Waals surface area contributed by atoms with E-state index < -0.39 is 61.9 Å². The summed E-state index contributed by atoms with van der Waals surface area (Å²) < 4.78 is 110. The van der Waals surface area contributed by atoms with Crippen molar-refractivity contribution in [3.8, 4) is 0 Å². The maximum atomic E-state index is 8.38.